The lowest BCUT2D eigenvalue weighted by atomic mass is 9.82. The fraction of sp³-hybridized carbons (Fsp3) is 0.500. The Kier molecular flexibility index (Phi) is 3.92. The molecular formula is C16H20N2O3. The number of benzene rings is 1. The number of rotatable bonds is 2. The second-order valence-corrected chi connectivity index (χ2v) is 5.69. The predicted molar refractivity (Wildman–Crippen MR) is 77.6 cm³/mol. The van der Waals surface area contributed by atoms with Crippen LogP contribution in [0, 0.1) is 0 Å². The topological polar surface area (TPSA) is 72.6 Å². The van der Waals surface area contributed by atoms with E-state index in [0.717, 1.165) is 24.8 Å². The van der Waals surface area contributed by atoms with Crippen molar-refractivity contribution in [1.29, 1.82) is 0 Å². The van der Waals surface area contributed by atoms with Crippen LogP contribution in [0.5, 0.6) is 0 Å². The van der Waals surface area contributed by atoms with Crippen LogP contribution < -0.4 is 5.73 Å². The van der Waals surface area contributed by atoms with Crippen LogP contribution in [0.2, 0.25) is 0 Å². The van der Waals surface area contributed by atoms with Crippen LogP contribution in [-0.4, -0.2) is 42.5 Å². The molecule has 21 heavy (non-hydrogen) atoms. The van der Waals surface area contributed by atoms with Gasteiger partial charge in [-0.1, -0.05) is 24.3 Å². The number of nitrogens with zero attached hydrogens (tertiary/aromatic N) is 1. The van der Waals surface area contributed by atoms with E-state index in [0.29, 0.717) is 13.2 Å². The minimum Gasteiger partial charge on any atom is -0.367 e. The van der Waals surface area contributed by atoms with Crippen molar-refractivity contribution >= 4 is 11.8 Å². The summed E-state index contributed by atoms with van der Waals surface area (Å²) in [6, 6.07) is 8.14. The number of carbonyl (C=O) groups excluding carboxylic acids is 2. The van der Waals surface area contributed by atoms with Crippen molar-refractivity contribution in [3.05, 3.63) is 35.4 Å². The van der Waals surface area contributed by atoms with Crippen molar-refractivity contribution in [3.8, 4) is 0 Å². The Labute approximate surface area is 124 Å². The van der Waals surface area contributed by atoms with E-state index in [9.17, 15) is 9.59 Å². The molecule has 5 heteroatoms. The summed E-state index contributed by atoms with van der Waals surface area (Å²) in [5.74, 6) is -0.505. The van der Waals surface area contributed by atoms with Crippen molar-refractivity contribution in [1.82, 2.24) is 4.90 Å². The molecule has 3 rings (SSSR count). The zero-order valence-corrected chi connectivity index (χ0v) is 12.0. The van der Waals surface area contributed by atoms with Gasteiger partial charge in [0.25, 0.3) is 0 Å². The van der Waals surface area contributed by atoms with Crippen LogP contribution in [0.1, 0.15) is 29.9 Å². The number of morpholine rings is 1. The lowest BCUT2D eigenvalue weighted by Gasteiger charge is -2.35. The first-order chi connectivity index (χ1) is 10.2. The van der Waals surface area contributed by atoms with Gasteiger partial charge in [0.2, 0.25) is 11.8 Å². The molecule has 1 aromatic carbocycles. The molecule has 2 N–H and O–H groups in total. The summed E-state index contributed by atoms with van der Waals surface area (Å²) in [6.07, 6.45) is 2.25. The Morgan fingerprint density at radius 3 is 2.90 bits per heavy atom. The summed E-state index contributed by atoms with van der Waals surface area (Å²) in [7, 11) is 0. The van der Waals surface area contributed by atoms with Crippen molar-refractivity contribution in [2.75, 3.05) is 19.7 Å². The van der Waals surface area contributed by atoms with Crippen molar-refractivity contribution < 1.29 is 14.3 Å². The fourth-order valence-corrected chi connectivity index (χ4v) is 3.25. The van der Waals surface area contributed by atoms with E-state index in [1.54, 1.807) is 4.90 Å². The maximum atomic E-state index is 12.8. The quantitative estimate of drug-likeness (QED) is 0.875. The molecule has 112 valence electrons. The van der Waals surface area contributed by atoms with Gasteiger partial charge >= 0.3 is 0 Å². The summed E-state index contributed by atoms with van der Waals surface area (Å²) >= 11 is 0. The van der Waals surface area contributed by atoms with Crippen molar-refractivity contribution in [2.45, 2.75) is 31.3 Å². The number of ether oxygens (including phenoxy) is 1. The van der Waals surface area contributed by atoms with E-state index >= 15 is 0 Å². The largest absolute Gasteiger partial charge is 0.367 e. The maximum absolute atomic E-state index is 12.8. The number of amides is 2. The summed E-state index contributed by atoms with van der Waals surface area (Å²) in [6.45, 7) is 1.17. The van der Waals surface area contributed by atoms with Gasteiger partial charge in [-0.3, -0.25) is 9.59 Å². The average molecular weight is 288 g/mol. The highest BCUT2D eigenvalue weighted by molar-refractivity contribution is 5.86. The zero-order valence-electron chi connectivity index (χ0n) is 12.0. The first-order valence-electron chi connectivity index (χ1n) is 7.44. The molecule has 1 aliphatic carbocycles. The molecule has 2 unspecified atom stereocenters. The molecule has 2 atom stereocenters. The molecule has 1 aliphatic heterocycles. The number of primary amides is 1. The van der Waals surface area contributed by atoms with E-state index in [1.165, 1.54) is 5.56 Å². The molecule has 0 aromatic heterocycles. The summed E-state index contributed by atoms with van der Waals surface area (Å²) < 4.78 is 5.31. The number of hydrogen-bond donors (Lipinski definition) is 1. The minimum atomic E-state index is -0.679. The van der Waals surface area contributed by atoms with Gasteiger partial charge in [0, 0.05) is 6.54 Å². The van der Waals surface area contributed by atoms with Gasteiger partial charge in [-0.15, -0.1) is 0 Å². The van der Waals surface area contributed by atoms with Crippen molar-refractivity contribution in [2.24, 2.45) is 5.73 Å². The standard InChI is InChI=1S/C16H20N2O3/c17-15(19)14-10-18(8-9-21-14)16(20)13-7-3-5-11-4-1-2-6-12(11)13/h1-2,4,6,13-14H,3,5,7-10H2,(H2,17,19). The fourth-order valence-electron chi connectivity index (χ4n) is 3.25. The van der Waals surface area contributed by atoms with E-state index in [1.807, 2.05) is 18.2 Å². The third-order valence-electron chi connectivity index (χ3n) is 4.36. The van der Waals surface area contributed by atoms with E-state index in [-0.39, 0.29) is 18.4 Å². The van der Waals surface area contributed by atoms with Gasteiger partial charge in [0.05, 0.1) is 19.1 Å². The molecule has 0 spiro atoms. The van der Waals surface area contributed by atoms with Crippen LogP contribution in [-0.2, 0) is 20.7 Å². The van der Waals surface area contributed by atoms with E-state index in [2.05, 4.69) is 6.07 Å². The Hall–Kier alpha value is -1.88. The Morgan fingerprint density at radius 2 is 2.10 bits per heavy atom. The van der Waals surface area contributed by atoms with E-state index < -0.39 is 12.0 Å². The Morgan fingerprint density at radius 1 is 1.29 bits per heavy atom. The third-order valence-corrected chi connectivity index (χ3v) is 4.36. The highest BCUT2D eigenvalue weighted by atomic mass is 16.5. The van der Waals surface area contributed by atoms with Crippen LogP contribution in [0.4, 0.5) is 0 Å². The van der Waals surface area contributed by atoms with Crippen LogP contribution in [0.3, 0.4) is 0 Å². The Balaban J connectivity index is 1.78. The maximum Gasteiger partial charge on any atom is 0.248 e. The second-order valence-electron chi connectivity index (χ2n) is 5.69. The summed E-state index contributed by atoms with van der Waals surface area (Å²) in [5, 5.41) is 0. The molecule has 0 bridgehead atoms. The predicted octanol–water partition coefficient (Wildman–Crippen LogP) is 0.819. The molecule has 2 amide bonds. The van der Waals surface area contributed by atoms with Gasteiger partial charge in [-0.05, 0) is 30.4 Å². The molecule has 1 heterocycles. The highest BCUT2D eigenvalue weighted by Crippen LogP contribution is 2.33. The van der Waals surface area contributed by atoms with Crippen LogP contribution in [0.15, 0.2) is 24.3 Å². The number of nitrogens with two attached hydrogens (primary N) is 1. The van der Waals surface area contributed by atoms with E-state index in [4.69, 9.17) is 10.5 Å². The lowest BCUT2D eigenvalue weighted by molar-refractivity contribution is -0.146. The molecule has 1 saturated heterocycles. The van der Waals surface area contributed by atoms with Crippen LogP contribution in [0.25, 0.3) is 0 Å². The SMILES string of the molecule is NC(=O)C1CN(C(=O)C2CCCc3ccccc32)CCO1. The molecule has 1 fully saturated rings. The molecule has 1 aromatic rings. The number of fused-ring (bicyclic) bond motifs is 1. The van der Waals surface area contributed by atoms with Crippen molar-refractivity contribution in [3.63, 3.8) is 0 Å². The molecule has 0 radical (unpaired) electrons. The molecule has 2 aliphatic rings. The normalized spacial score (nSPS) is 25.2. The summed E-state index contributed by atoms with van der Waals surface area (Å²) in [5.41, 5.74) is 7.68. The average Bonchev–Trinajstić information content (AvgIpc) is 2.53. The first kappa shape index (κ1) is 14.1. The number of aryl methyl sites for hydroxylation is 1. The minimum absolute atomic E-state index is 0.0942. The van der Waals surface area contributed by atoms with Gasteiger partial charge in [0.1, 0.15) is 0 Å². The molecule has 5 nitrogen and oxygen atoms in total. The van der Waals surface area contributed by atoms with Crippen LogP contribution >= 0.6 is 0 Å². The number of hydrogen-bond acceptors (Lipinski definition) is 3. The zero-order chi connectivity index (χ0) is 14.8. The van der Waals surface area contributed by atoms with Gasteiger partial charge in [-0.2, -0.15) is 0 Å². The summed E-state index contributed by atoms with van der Waals surface area (Å²) in [4.78, 5) is 25.8. The smallest absolute Gasteiger partial charge is 0.248 e. The lowest BCUT2D eigenvalue weighted by Crippen LogP contribution is -2.51. The third kappa shape index (κ3) is 2.78. The van der Waals surface area contributed by atoms with Gasteiger partial charge < -0.3 is 15.4 Å². The second kappa shape index (κ2) is 5.85. The Bertz CT molecular complexity index is 558. The monoisotopic (exact) mass is 288 g/mol. The highest BCUT2D eigenvalue weighted by Gasteiger charge is 2.34. The van der Waals surface area contributed by atoms with Gasteiger partial charge in [0.15, 0.2) is 6.10 Å². The van der Waals surface area contributed by atoms with Gasteiger partial charge in [-0.25, -0.2) is 0 Å². The number of carbonyl (C=O) groups is 2. The molecular weight excluding hydrogens is 268 g/mol. The molecule has 0 saturated carbocycles. The first-order valence-corrected chi connectivity index (χ1v) is 7.44.